The van der Waals surface area contributed by atoms with Gasteiger partial charge in [0.05, 0.1) is 16.8 Å². The number of hydrogen-bond acceptors (Lipinski definition) is 5. The van der Waals surface area contributed by atoms with E-state index >= 15 is 0 Å². The molecule has 1 N–H and O–H groups in total. The van der Waals surface area contributed by atoms with Gasteiger partial charge in [-0.05, 0) is 81.6 Å². The van der Waals surface area contributed by atoms with Crippen LogP contribution in [-0.2, 0) is 0 Å². The summed E-state index contributed by atoms with van der Waals surface area (Å²) in [6.45, 7) is 10.3. The third-order valence-electron chi connectivity index (χ3n) is 7.76. The van der Waals surface area contributed by atoms with Crippen LogP contribution in [-0.4, -0.2) is 48.4 Å². The maximum Gasteiger partial charge on any atom is 0.209 e. The molecule has 0 amide bonds. The van der Waals surface area contributed by atoms with Crippen molar-refractivity contribution in [3.8, 4) is 22.4 Å². The highest BCUT2D eigenvalue weighted by Crippen LogP contribution is 2.38. The number of aromatic nitrogens is 4. The van der Waals surface area contributed by atoms with Crippen molar-refractivity contribution in [1.29, 1.82) is 0 Å². The SMILES string of the molecule is CC(C)N1CCC[C@H]1C(C)(C)Nc1nc(-c2ccncc2)c(-c2ccc3ccccc3c2)c2nccn12. The normalized spacial score (nSPS) is 16.7. The van der Waals surface area contributed by atoms with Crippen LogP contribution in [0.4, 0.5) is 5.95 Å². The molecule has 5 aromatic rings. The number of likely N-dealkylation sites (tertiary alicyclic amines) is 1. The van der Waals surface area contributed by atoms with E-state index in [0.717, 1.165) is 40.5 Å². The Hall–Kier alpha value is -3.77. The Bertz CT molecular complexity index is 1550. The number of pyridine rings is 1. The molecular weight excluding hydrogens is 456 g/mol. The molecule has 1 aliphatic rings. The van der Waals surface area contributed by atoms with E-state index in [1.54, 1.807) is 0 Å². The van der Waals surface area contributed by atoms with Crippen LogP contribution in [0, 0.1) is 0 Å². The second-order valence-corrected chi connectivity index (χ2v) is 10.9. The van der Waals surface area contributed by atoms with E-state index in [9.17, 15) is 0 Å². The Morgan fingerprint density at radius 2 is 1.73 bits per heavy atom. The molecule has 188 valence electrons. The second-order valence-electron chi connectivity index (χ2n) is 10.9. The molecule has 0 saturated carbocycles. The van der Waals surface area contributed by atoms with Crippen LogP contribution < -0.4 is 5.32 Å². The van der Waals surface area contributed by atoms with E-state index in [-0.39, 0.29) is 5.54 Å². The van der Waals surface area contributed by atoms with E-state index in [1.807, 2.05) is 36.9 Å². The molecule has 1 atom stereocenters. The highest BCUT2D eigenvalue weighted by Gasteiger charge is 2.39. The zero-order valence-corrected chi connectivity index (χ0v) is 22.0. The summed E-state index contributed by atoms with van der Waals surface area (Å²) in [7, 11) is 0. The zero-order chi connectivity index (χ0) is 25.6. The summed E-state index contributed by atoms with van der Waals surface area (Å²) in [5.74, 6) is 0.810. The Kier molecular flexibility index (Phi) is 5.92. The Balaban J connectivity index is 1.53. The van der Waals surface area contributed by atoms with Gasteiger partial charge in [0.25, 0.3) is 0 Å². The van der Waals surface area contributed by atoms with Gasteiger partial charge in [-0.15, -0.1) is 0 Å². The van der Waals surface area contributed by atoms with Crippen LogP contribution in [0.1, 0.15) is 40.5 Å². The van der Waals surface area contributed by atoms with Crippen molar-refractivity contribution in [2.45, 2.75) is 58.2 Å². The summed E-state index contributed by atoms with van der Waals surface area (Å²) >= 11 is 0. The molecule has 0 radical (unpaired) electrons. The molecule has 2 aromatic carbocycles. The number of rotatable bonds is 6. The smallest absolute Gasteiger partial charge is 0.209 e. The van der Waals surface area contributed by atoms with Crippen molar-refractivity contribution < 1.29 is 0 Å². The lowest BCUT2D eigenvalue weighted by atomic mass is 9.91. The van der Waals surface area contributed by atoms with Gasteiger partial charge >= 0.3 is 0 Å². The topological polar surface area (TPSA) is 58.3 Å². The first-order valence-corrected chi connectivity index (χ1v) is 13.2. The molecule has 0 bridgehead atoms. The molecule has 6 heteroatoms. The molecule has 0 spiro atoms. The molecule has 37 heavy (non-hydrogen) atoms. The molecule has 3 aromatic heterocycles. The Morgan fingerprint density at radius 3 is 2.51 bits per heavy atom. The first kappa shape index (κ1) is 23.6. The molecule has 1 aliphatic heterocycles. The highest BCUT2D eigenvalue weighted by atomic mass is 15.3. The fourth-order valence-corrected chi connectivity index (χ4v) is 5.95. The van der Waals surface area contributed by atoms with Crippen LogP contribution in [0.2, 0.25) is 0 Å². The Morgan fingerprint density at radius 1 is 0.946 bits per heavy atom. The number of fused-ring (bicyclic) bond motifs is 2. The van der Waals surface area contributed by atoms with E-state index < -0.39 is 0 Å². The van der Waals surface area contributed by atoms with Gasteiger partial charge in [0.15, 0.2) is 0 Å². The van der Waals surface area contributed by atoms with Crippen LogP contribution in [0.15, 0.2) is 79.4 Å². The Labute approximate surface area is 218 Å². The number of nitrogens with one attached hydrogen (secondary N) is 1. The summed E-state index contributed by atoms with van der Waals surface area (Å²) < 4.78 is 2.10. The molecule has 0 aliphatic carbocycles. The average Bonchev–Trinajstić information content (AvgIpc) is 3.60. The molecule has 6 nitrogen and oxygen atoms in total. The van der Waals surface area contributed by atoms with Crippen molar-refractivity contribution in [1.82, 2.24) is 24.3 Å². The minimum atomic E-state index is -0.176. The van der Waals surface area contributed by atoms with Gasteiger partial charge in [-0.3, -0.25) is 14.3 Å². The average molecular weight is 491 g/mol. The zero-order valence-electron chi connectivity index (χ0n) is 22.0. The van der Waals surface area contributed by atoms with Gasteiger partial charge in [-0.25, -0.2) is 9.97 Å². The van der Waals surface area contributed by atoms with Gasteiger partial charge < -0.3 is 5.32 Å². The van der Waals surface area contributed by atoms with E-state index in [0.29, 0.717) is 12.1 Å². The lowest BCUT2D eigenvalue weighted by Gasteiger charge is -2.40. The monoisotopic (exact) mass is 490 g/mol. The van der Waals surface area contributed by atoms with Crippen LogP contribution in [0.25, 0.3) is 38.8 Å². The summed E-state index contributed by atoms with van der Waals surface area (Å²) in [6.07, 6.45) is 9.94. The summed E-state index contributed by atoms with van der Waals surface area (Å²) in [5, 5.41) is 6.26. The number of benzene rings is 2. The van der Waals surface area contributed by atoms with E-state index in [2.05, 4.69) is 89.8 Å². The minimum Gasteiger partial charge on any atom is -0.349 e. The van der Waals surface area contributed by atoms with Gasteiger partial charge in [0, 0.05) is 42.4 Å². The fourth-order valence-electron chi connectivity index (χ4n) is 5.95. The van der Waals surface area contributed by atoms with E-state index in [4.69, 9.17) is 9.97 Å². The lowest BCUT2D eigenvalue weighted by molar-refractivity contribution is 0.156. The lowest BCUT2D eigenvalue weighted by Crippen LogP contribution is -2.53. The first-order chi connectivity index (χ1) is 17.9. The molecule has 4 heterocycles. The quantitative estimate of drug-likeness (QED) is 0.288. The standard InChI is InChI=1S/C31H34N6/c1-21(2)36-18-7-10-26(36)31(3,4)35-30-34-28(23-13-15-32-16-14-23)27(29-33-17-19-37(29)30)25-12-11-22-8-5-6-9-24(22)20-25/h5-6,8-9,11-17,19-21,26H,7,10,18H2,1-4H3,(H,34,35)/t26-/m0/s1. The maximum atomic E-state index is 5.29. The van der Waals surface area contributed by atoms with Gasteiger partial charge in [0.2, 0.25) is 5.95 Å². The molecule has 6 rings (SSSR count). The van der Waals surface area contributed by atoms with Gasteiger partial charge in [-0.2, -0.15) is 0 Å². The first-order valence-electron chi connectivity index (χ1n) is 13.2. The summed E-state index contributed by atoms with van der Waals surface area (Å²) in [5.41, 5.74) is 4.76. The highest BCUT2D eigenvalue weighted by molar-refractivity contribution is 5.95. The minimum absolute atomic E-state index is 0.176. The van der Waals surface area contributed by atoms with Crippen molar-refractivity contribution in [2.24, 2.45) is 0 Å². The molecule has 1 saturated heterocycles. The van der Waals surface area contributed by atoms with Crippen molar-refractivity contribution >= 4 is 22.4 Å². The van der Waals surface area contributed by atoms with Gasteiger partial charge in [0.1, 0.15) is 5.65 Å². The summed E-state index contributed by atoms with van der Waals surface area (Å²) in [6, 6.07) is 20.0. The van der Waals surface area contributed by atoms with Crippen LogP contribution >= 0.6 is 0 Å². The third kappa shape index (κ3) is 4.25. The number of hydrogen-bond donors (Lipinski definition) is 1. The summed E-state index contributed by atoms with van der Waals surface area (Å²) in [4.78, 5) is 17.0. The van der Waals surface area contributed by atoms with Crippen molar-refractivity contribution in [3.05, 3.63) is 79.4 Å². The van der Waals surface area contributed by atoms with Crippen molar-refractivity contribution in [2.75, 3.05) is 11.9 Å². The molecular formula is C31H34N6. The maximum absolute atomic E-state index is 5.29. The number of nitrogens with zero attached hydrogens (tertiary/aromatic N) is 5. The molecule has 0 unspecified atom stereocenters. The largest absolute Gasteiger partial charge is 0.349 e. The van der Waals surface area contributed by atoms with Gasteiger partial charge in [-0.1, -0.05) is 36.4 Å². The predicted molar refractivity (Wildman–Crippen MR) is 152 cm³/mol. The van der Waals surface area contributed by atoms with Crippen molar-refractivity contribution in [3.63, 3.8) is 0 Å². The molecule has 1 fully saturated rings. The third-order valence-corrected chi connectivity index (χ3v) is 7.76. The van der Waals surface area contributed by atoms with E-state index in [1.165, 1.54) is 23.6 Å². The van der Waals surface area contributed by atoms with Crippen LogP contribution in [0.5, 0.6) is 0 Å². The fraction of sp³-hybridized carbons (Fsp3) is 0.323. The predicted octanol–water partition coefficient (Wildman–Crippen LogP) is 6.67. The van der Waals surface area contributed by atoms with Crippen LogP contribution in [0.3, 0.4) is 0 Å². The number of imidazole rings is 1. The number of anilines is 1. The second kappa shape index (κ2) is 9.27.